The van der Waals surface area contributed by atoms with Crippen LogP contribution in [0.5, 0.6) is 0 Å². The van der Waals surface area contributed by atoms with Crippen molar-refractivity contribution >= 4 is 11.9 Å². The first kappa shape index (κ1) is 17.7. The number of carbonyl (C=O) groups excluding carboxylic acids is 2. The van der Waals surface area contributed by atoms with Crippen molar-refractivity contribution < 1.29 is 18.7 Å². The summed E-state index contributed by atoms with van der Waals surface area (Å²) < 4.78 is 19.0. The SMILES string of the molecule is O=C(NCCc1ccccc1F)N1CCN(C(=O)C2CCCO2)CC1. The second kappa shape index (κ2) is 8.29. The van der Waals surface area contributed by atoms with E-state index in [2.05, 4.69) is 5.32 Å². The van der Waals surface area contributed by atoms with Crippen molar-refractivity contribution in [2.24, 2.45) is 0 Å². The van der Waals surface area contributed by atoms with Gasteiger partial charge in [0, 0.05) is 39.3 Å². The van der Waals surface area contributed by atoms with E-state index in [-0.39, 0.29) is 23.9 Å². The molecule has 0 aromatic heterocycles. The van der Waals surface area contributed by atoms with Crippen LogP contribution in [-0.4, -0.2) is 67.2 Å². The summed E-state index contributed by atoms with van der Waals surface area (Å²) in [5.41, 5.74) is 0.592. The van der Waals surface area contributed by atoms with Gasteiger partial charge >= 0.3 is 6.03 Å². The molecule has 0 aliphatic carbocycles. The molecule has 2 aliphatic rings. The van der Waals surface area contributed by atoms with Gasteiger partial charge in [0.25, 0.3) is 5.91 Å². The fourth-order valence-electron chi connectivity index (χ4n) is 3.22. The average Bonchev–Trinajstić information content (AvgIpc) is 3.17. The molecule has 2 aliphatic heterocycles. The molecule has 0 spiro atoms. The van der Waals surface area contributed by atoms with E-state index in [0.717, 1.165) is 12.8 Å². The highest BCUT2D eigenvalue weighted by atomic mass is 19.1. The van der Waals surface area contributed by atoms with Gasteiger partial charge in [0.1, 0.15) is 11.9 Å². The molecule has 7 heteroatoms. The first-order chi connectivity index (χ1) is 12.1. The Hall–Kier alpha value is -2.15. The Bertz CT molecular complexity index is 611. The van der Waals surface area contributed by atoms with Gasteiger partial charge in [-0.05, 0) is 30.9 Å². The normalized spacial score (nSPS) is 20.6. The number of hydrogen-bond donors (Lipinski definition) is 1. The molecule has 0 saturated carbocycles. The zero-order chi connectivity index (χ0) is 17.6. The predicted molar refractivity (Wildman–Crippen MR) is 90.6 cm³/mol. The number of halogens is 1. The van der Waals surface area contributed by atoms with E-state index in [0.29, 0.717) is 51.3 Å². The van der Waals surface area contributed by atoms with E-state index in [1.807, 2.05) is 0 Å². The maximum atomic E-state index is 13.5. The van der Waals surface area contributed by atoms with E-state index in [1.165, 1.54) is 6.07 Å². The third kappa shape index (κ3) is 4.48. The minimum absolute atomic E-state index is 0.0390. The molecule has 2 heterocycles. The minimum Gasteiger partial charge on any atom is -0.368 e. The standard InChI is InChI=1S/C18H24FN3O3/c19-15-5-2-1-4-14(15)7-8-20-18(24)22-11-9-21(10-12-22)17(23)16-6-3-13-25-16/h1-2,4-5,16H,3,6-13H2,(H,20,24). The quantitative estimate of drug-likeness (QED) is 0.894. The number of ether oxygens (including phenoxy) is 1. The number of urea groups is 1. The second-order valence-electron chi connectivity index (χ2n) is 6.39. The maximum Gasteiger partial charge on any atom is 0.317 e. The number of piperazine rings is 1. The third-order valence-electron chi connectivity index (χ3n) is 4.71. The minimum atomic E-state index is -0.304. The van der Waals surface area contributed by atoms with Crippen LogP contribution in [0, 0.1) is 5.82 Å². The highest BCUT2D eigenvalue weighted by Crippen LogP contribution is 2.16. The second-order valence-corrected chi connectivity index (χ2v) is 6.39. The summed E-state index contributed by atoms with van der Waals surface area (Å²) in [4.78, 5) is 28.0. The van der Waals surface area contributed by atoms with Gasteiger partial charge in [0.2, 0.25) is 0 Å². The molecular weight excluding hydrogens is 325 g/mol. The highest BCUT2D eigenvalue weighted by Gasteiger charge is 2.31. The van der Waals surface area contributed by atoms with Crippen LogP contribution in [0.25, 0.3) is 0 Å². The molecule has 1 aromatic rings. The topological polar surface area (TPSA) is 61.9 Å². The van der Waals surface area contributed by atoms with Crippen LogP contribution < -0.4 is 5.32 Å². The van der Waals surface area contributed by atoms with Crippen LogP contribution in [0.2, 0.25) is 0 Å². The lowest BCUT2D eigenvalue weighted by molar-refractivity contribution is -0.142. The van der Waals surface area contributed by atoms with Crippen molar-refractivity contribution in [2.45, 2.75) is 25.4 Å². The number of amides is 3. The highest BCUT2D eigenvalue weighted by molar-refractivity contribution is 5.81. The lowest BCUT2D eigenvalue weighted by Gasteiger charge is -2.35. The molecule has 1 unspecified atom stereocenters. The van der Waals surface area contributed by atoms with Crippen molar-refractivity contribution in [3.05, 3.63) is 35.6 Å². The van der Waals surface area contributed by atoms with Gasteiger partial charge in [0.05, 0.1) is 0 Å². The number of benzene rings is 1. The zero-order valence-electron chi connectivity index (χ0n) is 14.2. The molecule has 136 valence electrons. The van der Waals surface area contributed by atoms with Crippen molar-refractivity contribution in [3.63, 3.8) is 0 Å². The summed E-state index contributed by atoms with van der Waals surface area (Å²) in [5, 5.41) is 2.82. The Labute approximate surface area is 146 Å². The van der Waals surface area contributed by atoms with Gasteiger partial charge in [-0.25, -0.2) is 9.18 Å². The zero-order valence-corrected chi connectivity index (χ0v) is 14.2. The van der Waals surface area contributed by atoms with Gasteiger partial charge in [-0.3, -0.25) is 4.79 Å². The molecule has 2 fully saturated rings. The van der Waals surface area contributed by atoms with Crippen LogP contribution >= 0.6 is 0 Å². The molecule has 1 atom stereocenters. The molecule has 2 saturated heterocycles. The monoisotopic (exact) mass is 349 g/mol. The van der Waals surface area contributed by atoms with Gasteiger partial charge in [-0.15, -0.1) is 0 Å². The Kier molecular flexibility index (Phi) is 5.86. The number of nitrogens with one attached hydrogen (secondary N) is 1. The van der Waals surface area contributed by atoms with E-state index in [4.69, 9.17) is 4.74 Å². The molecule has 3 amide bonds. The third-order valence-corrected chi connectivity index (χ3v) is 4.71. The van der Waals surface area contributed by atoms with Gasteiger partial charge < -0.3 is 19.9 Å². The molecule has 0 radical (unpaired) electrons. The van der Waals surface area contributed by atoms with Crippen LogP contribution in [0.1, 0.15) is 18.4 Å². The molecule has 1 aromatic carbocycles. The van der Waals surface area contributed by atoms with Gasteiger partial charge in [0.15, 0.2) is 0 Å². The van der Waals surface area contributed by atoms with Crippen molar-refractivity contribution in [2.75, 3.05) is 39.3 Å². The number of rotatable bonds is 4. The van der Waals surface area contributed by atoms with Crippen molar-refractivity contribution in [1.82, 2.24) is 15.1 Å². The summed E-state index contributed by atoms with van der Waals surface area (Å²) in [6.07, 6.45) is 1.87. The number of carbonyl (C=O) groups is 2. The largest absolute Gasteiger partial charge is 0.368 e. The summed E-state index contributed by atoms with van der Waals surface area (Å²) in [6.45, 7) is 3.10. The Morgan fingerprint density at radius 2 is 1.88 bits per heavy atom. The summed E-state index contributed by atoms with van der Waals surface area (Å²) in [6, 6.07) is 6.40. The van der Waals surface area contributed by atoms with Crippen molar-refractivity contribution in [3.8, 4) is 0 Å². The number of nitrogens with zero attached hydrogens (tertiary/aromatic N) is 2. The lowest BCUT2D eigenvalue weighted by atomic mass is 10.1. The van der Waals surface area contributed by atoms with Crippen molar-refractivity contribution in [1.29, 1.82) is 0 Å². The van der Waals surface area contributed by atoms with E-state index >= 15 is 0 Å². The summed E-state index contributed by atoms with van der Waals surface area (Å²) in [7, 11) is 0. The Balaban J connectivity index is 1.39. The lowest BCUT2D eigenvalue weighted by Crippen LogP contribution is -2.55. The van der Waals surface area contributed by atoms with Crippen LogP contribution in [0.15, 0.2) is 24.3 Å². The predicted octanol–water partition coefficient (Wildman–Crippen LogP) is 1.40. The molecule has 6 nitrogen and oxygen atoms in total. The number of hydrogen-bond acceptors (Lipinski definition) is 3. The molecule has 3 rings (SSSR count). The van der Waals surface area contributed by atoms with Gasteiger partial charge in [-0.1, -0.05) is 18.2 Å². The fourth-order valence-corrected chi connectivity index (χ4v) is 3.22. The smallest absolute Gasteiger partial charge is 0.317 e. The van der Waals surface area contributed by atoms with Crippen LogP contribution in [0.4, 0.5) is 9.18 Å². The van der Waals surface area contributed by atoms with E-state index in [1.54, 1.807) is 28.0 Å². The van der Waals surface area contributed by atoms with Gasteiger partial charge in [-0.2, -0.15) is 0 Å². The Morgan fingerprint density at radius 1 is 1.16 bits per heavy atom. The fraction of sp³-hybridized carbons (Fsp3) is 0.556. The summed E-state index contributed by atoms with van der Waals surface area (Å²) in [5.74, 6) is -0.213. The molecule has 1 N–H and O–H groups in total. The van der Waals surface area contributed by atoms with Crippen LogP contribution in [0.3, 0.4) is 0 Å². The maximum absolute atomic E-state index is 13.5. The molecular formula is C18H24FN3O3. The molecule has 0 bridgehead atoms. The first-order valence-electron chi connectivity index (χ1n) is 8.82. The van der Waals surface area contributed by atoms with E-state index < -0.39 is 0 Å². The summed E-state index contributed by atoms with van der Waals surface area (Å²) >= 11 is 0. The van der Waals surface area contributed by atoms with E-state index in [9.17, 15) is 14.0 Å². The van der Waals surface area contributed by atoms with Crippen LogP contribution in [-0.2, 0) is 16.0 Å². The first-order valence-corrected chi connectivity index (χ1v) is 8.82. The molecule has 25 heavy (non-hydrogen) atoms. The average molecular weight is 349 g/mol. The Morgan fingerprint density at radius 3 is 2.56 bits per heavy atom.